The van der Waals surface area contributed by atoms with Crippen LogP contribution in [0.2, 0.25) is 5.15 Å². The summed E-state index contributed by atoms with van der Waals surface area (Å²) in [4.78, 5) is 9.05. The third-order valence-corrected chi connectivity index (χ3v) is 4.47. The Kier molecular flexibility index (Phi) is 3.63. The lowest BCUT2D eigenvalue weighted by atomic mass is 10.2. The van der Waals surface area contributed by atoms with Crippen LogP contribution >= 0.6 is 11.6 Å². The normalized spacial score (nSPS) is 26.7. The van der Waals surface area contributed by atoms with Crippen molar-refractivity contribution in [3.8, 4) is 0 Å². The minimum atomic E-state index is 0.373. The third kappa shape index (κ3) is 2.84. The smallest absolute Gasteiger partial charge is 0.137 e. The van der Waals surface area contributed by atoms with E-state index >= 15 is 0 Å². The van der Waals surface area contributed by atoms with Gasteiger partial charge in [-0.05, 0) is 39.0 Å². The lowest BCUT2D eigenvalue weighted by molar-refractivity contribution is 0.108. The molecular formula is C14H20ClN3O. The molecule has 1 heterocycles. The zero-order valence-electron chi connectivity index (χ0n) is 11.4. The van der Waals surface area contributed by atoms with Crippen molar-refractivity contribution in [2.45, 2.75) is 57.1 Å². The number of halogens is 1. The first-order valence-electron chi connectivity index (χ1n) is 7.00. The fourth-order valence-electron chi connectivity index (χ4n) is 2.65. The minimum absolute atomic E-state index is 0.373. The van der Waals surface area contributed by atoms with E-state index in [-0.39, 0.29) is 0 Å². The molecule has 0 spiro atoms. The van der Waals surface area contributed by atoms with E-state index in [0.717, 1.165) is 36.5 Å². The van der Waals surface area contributed by atoms with Crippen LogP contribution in [0.25, 0.3) is 0 Å². The van der Waals surface area contributed by atoms with E-state index in [1.54, 1.807) is 7.11 Å². The van der Waals surface area contributed by atoms with Gasteiger partial charge in [-0.15, -0.1) is 0 Å². The molecule has 2 saturated carbocycles. The number of rotatable bonds is 4. The highest BCUT2D eigenvalue weighted by atomic mass is 35.5. The molecule has 2 fully saturated rings. The van der Waals surface area contributed by atoms with Crippen molar-refractivity contribution in [3.63, 3.8) is 0 Å². The number of anilines is 1. The topological polar surface area (TPSA) is 47.0 Å². The van der Waals surface area contributed by atoms with Gasteiger partial charge in [0.2, 0.25) is 0 Å². The molecule has 1 aromatic rings. The maximum atomic E-state index is 6.22. The van der Waals surface area contributed by atoms with Crippen LogP contribution in [-0.4, -0.2) is 29.2 Å². The first-order chi connectivity index (χ1) is 9.17. The highest BCUT2D eigenvalue weighted by Gasteiger charge is 2.29. The van der Waals surface area contributed by atoms with E-state index < -0.39 is 0 Å². The second kappa shape index (κ2) is 5.25. The Hall–Kier alpha value is -0.870. The van der Waals surface area contributed by atoms with Crippen molar-refractivity contribution in [2.75, 3.05) is 12.4 Å². The second-order valence-corrected chi connectivity index (χ2v) is 5.99. The van der Waals surface area contributed by atoms with Gasteiger partial charge in [-0.2, -0.15) is 0 Å². The summed E-state index contributed by atoms with van der Waals surface area (Å²) < 4.78 is 5.41. The van der Waals surface area contributed by atoms with Gasteiger partial charge >= 0.3 is 0 Å². The average molecular weight is 282 g/mol. The molecule has 2 aliphatic rings. The summed E-state index contributed by atoms with van der Waals surface area (Å²) >= 11 is 6.22. The molecule has 0 amide bonds. The Morgan fingerprint density at radius 3 is 2.63 bits per heavy atom. The first-order valence-corrected chi connectivity index (χ1v) is 7.38. The summed E-state index contributed by atoms with van der Waals surface area (Å²) in [5, 5.41) is 4.11. The molecule has 2 atom stereocenters. The van der Waals surface area contributed by atoms with Gasteiger partial charge < -0.3 is 10.1 Å². The fraction of sp³-hybridized carbons (Fsp3) is 0.714. The highest BCUT2D eigenvalue weighted by molar-refractivity contribution is 6.30. The van der Waals surface area contributed by atoms with Crippen LogP contribution in [0.3, 0.4) is 0 Å². The molecule has 0 aromatic carbocycles. The molecular weight excluding hydrogens is 262 g/mol. The standard InChI is InChI=1S/C14H20ClN3O/c1-8-12(15)17-14(9-3-4-9)18-13(8)16-10-5-6-11(7-10)19-2/h9-11H,3-7H2,1-2H3,(H,16,17,18). The summed E-state index contributed by atoms with van der Waals surface area (Å²) in [5.74, 6) is 2.33. The zero-order valence-corrected chi connectivity index (χ0v) is 12.2. The van der Waals surface area contributed by atoms with Crippen molar-refractivity contribution in [3.05, 3.63) is 16.5 Å². The predicted octanol–water partition coefficient (Wildman–Crippen LogP) is 3.30. The molecule has 3 rings (SSSR count). The van der Waals surface area contributed by atoms with Crippen LogP contribution in [0.1, 0.15) is 49.4 Å². The van der Waals surface area contributed by atoms with Crippen LogP contribution in [0.15, 0.2) is 0 Å². The first kappa shape index (κ1) is 13.1. The number of nitrogens with zero attached hydrogens (tertiary/aromatic N) is 2. The van der Waals surface area contributed by atoms with Crippen molar-refractivity contribution < 1.29 is 4.74 Å². The molecule has 1 N–H and O–H groups in total. The molecule has 5 heteroatoms. The molecule has 1 aromatic heterocycles. The molecule has 4 nitrogen and oxygen atoms in total. The molecule has 2 aliphatic carbocycles. The Morgan fingerprint density at radius 1 is 1.21 bits per heavy atom. The molecule has 0 bridgehead atoms. The Bertz CT molecular complexity index is 476. The van der Waals surface area contributed by atoms with Gasteiger partial charge in [0.25, 0.3) is 0 Å². The van der Waals surface area contributed by atoms with Crippen molar-refractivity contribution in [1.29, 1.82) is 0 Å². The summed E-state index contributed by atoms with van der Waals surface area (Å²) in [7, 11) is 1.78. The minimum Gasteiger partial charge on any atom is -0.381 e. The van der Waals surface area contributed by atoms with Crippen LogP contribution < -0.4 is 5.32 Å². The summed E-state index contributed by atoms with van der Waals surface area (Å²) in [6, 6.07) is 0.432. The van der Waals surface area contributed by atoms with Crippen molar-refractivity contribution in [1.82, 2.24) is 9.97 Å². The fourth-order valence-corrected chi connectivity index (χ4v) is 2.82. The van der Waals surface area contributed by atoms with Gasteiger partial charge in [0.05, 0.1) is 6.10 Å². The number of methoxy groups -OCH3 is 1. The van der Waals surface area contributed by atoms with E-state index in [2.05, 4.69) is 15.3 Å². The van der Waals surface area contributed by atoms with Gasteiger partial charge in [-0.3, -0.25) is 0 Å². The molecule has 0 aliphatic heterocycles. The van der Waals surface area contributed by atoms with Crippen LogP contribution in [-0.2, 0) is 4.74 Å². The average Bonchev–Trinajstić information content (AvgIpc) is 3.15. The zero-order chi connectivity index (χ0) is 13.4. The van der Waals surface area contributed by atoms with Gasteiger partial charge in [0.15, 0.2) is 0 Å². The van der Waals surface area contributed by atoms with E-state index in [9.17, 15) is 0 Å². The number of hydrogen-bond donors (Lipinski definition) is 1. The number of ether oxygens (including phenoxy) is 1. The van der Waals surface area contributed by atoms with E-state index in [0.29, 0.717) is 23.2 Å². The third-order valence-electron chi connectivity index (χ3n) is 4.10. The van der Waals surface area contributed by atoms with Gasteiger partial charge in [-0.25, -0.2) is 9.97 Å². The molecule has 104 valence electrons. The summed E-state index contributed by atoms with van der Waals surface area (Å²) in [5.41, 5.74) is 0.951. The lowest BCUT2D eigenvalue weighted by Crippen LogP contribution is -2.19. The quantitative estimate of drug-likeness (QED) is 0.860. The van der Waals surface area contributed by atoms with Crippen molar-refractivity contribution in [2.24, 2.45) is 0 Å². The van der Waals surface area contributed by atoms with Crippen LogP contribution in [0.5, 0.6) is 0 Å². The van der Waals surface area contributed by atoms with E-state index in [1.807, 2.05) is 6.92 Å². The van der Waals surface area contributed by atoms with E-state index in [4.69, 9.17) is 16.3 Å². The largest absolute Gasteiger partial charge is 0.381 e. The molecule has 0 saturated heterocycles. The molecule has 19 heavy (non-hydrogen) atoms. The molecule has 0 radical (unpaired) electrons. The Morgan fingerprint density at radius 2 is 2.00 bits per heavy atom. The second-order valence-electron chi connectivity index (χ2n) is 5.63. The van der Waals surface area contributed by atoms with Crippen LogP contribution in [0, 0.1) is 6.92 Å². The molecule has 2 unspecified atom stereocenters. The maximum absolute atomic E-state index is 6.22. The lowest BCUT2D eigenvalue weighted by Gasteiger charge is -2.16. The van der Waals surface area contributed by atoms with Gasteiger partial charge in [-0.1, -0.05) is 11.6 Å². The van der Waals surface area contributed by atoms with Gasteiger partial charge in [0.1, 0.15) is 16.8 Å². The number of nitrogens with one attached hydrogen (secondary N) is 1. The predicted molar refractivity (Wildman–Crippen MR) is 75.8 cm³/mol. The summed E-state index contributed by atoms with van der Waals surface area (Å²) in [6.07, 6.45) is 6.02. The monoisotopic (exact) mass is 281 g/mol. The number of aromatic nitrogens is 2. The number of hydrogen-bond acceptors (Lipinski definition) is 4. The van der Waals surface area contributed by atoms with Crippen LogP contribution in [0.4, 0.5) is 5.82 Å². The maximum Gasteiger partial charge on any atom is 0.137 e. The van der Waals surface area contributed by atoms with Gasteiger partial charge in [0, 0.05) is 24.6 Å². The summed E-state index contributed by atoms with van der Waals surface area (Å²) in [6.45, 7) is 1.98. The SMILES string of the molecule is COC1CCC(Nc2nc(C3CC3)nc(Cl)c2C)C1. The Balaban J connectivity index is 1.76. The highest BCUT2D eigenvalue weighted by Crippen LogP contribution is 2.39. The van der Waals surface area contributed by atoms with Crippen molar-refractivity contribution >= 4 is 17.4 Å². The Labute approximate surface area is 118 Å². The van der Waals surface area contributed by atoms with E-state index in [1.165, 1.54) is 12.8 Å².